The summed E-state index contributed by atoms with van der Waals surface area (Å²) >= 11 is 0. The number of Topliss-reactive ketones (excluding diaryl/α,β-unsaturated/α-hetero) is 2. The first-order chi connectivity index (χ1) is 17.7. The quantitative estimate of drug-likeness (QED) is 0.311. The monoisotopic (exact) mass is 534 g/mol. The van der Waals surface area contributed by atoms with Crippen LogP contribution in [-0.4, -0.2) is 91.8 Å². The molecule has 1 saturated heterocycles. The van der Waals surface area contributed by atoms with Gasteiger partial charge in [-0.3, -0.25) is 14.4 Å². The maximum absolute atomic E-state index is 13.7. The van der Waals surface area contributed by atoms with Gasteiger partial charge in [0.2, 0.25) is 0 Å². The van der Waals surface area contributed by atoms with Crippen LogP contribution in [0.3, 0.4) is 0 Å². The Morgan fingerprint density at radius 1 is 1.11 bits per heavy atom. The number of aliphatic carboxylic acids is 1. The predicted octanol–water partition coefficient (Wildman–Crippen LogP) is -0.318. The van der Waals surface area contributed by atoms with Crippen LogP contribution in [0.1, 0.15) is 46.0 Å². The Hall–Kier alpha value is -2.28. The Kier molecular flexibility index (Phi) is 6.56. The predicted molar refractivity (Wildman–Crippen MR) is 127 cm³/mol. The fourth-order valence-electron chi connectivity index (χ4n) is 7.96. The van der Waals surface area contributed by atoms with E-state index in [0.717, 1.165) is 5.57 Å². The van der Waals surface area contributed by atoms with Gasteiger partial charge in [0.1, 0.15) is 36.3 Å². The van der Waals surface area contributed by atoms with Crippen molar-refractivity contribution in [3.05, 3.63) is 23.8 Å². The van der Waals surface area contributed by atoms with Crippen molar-refractivity contribution < 1.29 is 54.2 Å². The average molecular weight is 535 g/mol. The van der Waals surface area contributed by atoms with Gasteiger partial charge >= 0.3 is 5.97 Å². The third kappa shape index (κ3) is 3.78. The molecule has 4 fully saturated rings. The maximum atomic E-state index is 13.7. The topological polar surface area (TPSA) is 188 Å². The molecule has 38 heavy (non-hydrogen) atoms. The van der Waals surface area contributed by atoms with Crippen molar-refractivity contribution in [3.8, 4) is 0 Å². The van der Waals surface area contributed by atoms with Crippen molar-refractivity contribution in [2.75, 3.05) is 6.61 Å². The summed E-state index contributed by atoms with van der Waals surface area (Å²) in [6, 6.07) is 0. The van der Waals surface area contributed by atoms with E-state index in [1.165, 1.54) is 6.08 Å². The minimum atomic E-state index is -1.91. The van der Waals surface area contributed by atoms with Crippen LogP contribution < -0.4 is 0 Å². The molecule has 11 atom stereocenters. The number of aliphatic hydroxyl groups is 4. The number of ether oxygens (including phenoxy) is 2. The van der Waals surface area contributed by atoms with Crippen LogP contribution in [-0.2, 0) is 28.7 Å². The summed E-state index contributed by atoms with van der Waals surface area (Å²) in [7, 11) is 0. The van der Waals surface area contributed by atoms with Crippen LogP contribution in [0.4, 0.5) is 0 Å². The summed E-state index contributed by atoms with van der Waals surface area (Å²) in [5.41, 5.74) is -2.61. The Labute approximate surface area is 219 Å². The van der Waals surface area contributed by atoms with Crippen molar-refractivity contribution in [3.63, 3.8) is 0 Å². The van der Waals surface area contributed by atoms with E-state index >= 15 is 0 Å². The number of aliphatic hydroxyl groups excluding tert-OH is 3. The van der Waals surface area contributed by atoms with Crippen LogP contribution in [0.2, 0.25) is 0 Å². The number of allylic oxidation sites excluding steroid dienone is 4. The third-order valence-corrected chi connectivity index (χ3v) is 10.1. The van der Waals surface area contributed by atoms with Crippen LogP contribution in [0, 0.1) is 28.6 Å². The van der Waals surface area contributed by atoms with Gasteiger partial charge < -0.3 is 35.0 Å². The highest BCUT2D eigenvalue weighted by Crippen LogP contribution is 2.66. The Morgan fingerprint density at radius 2 is 1.82 bits per heavy atom. The van der Waals surface area contributed by atoms with Crippen molar-refractivity contribution in [1.29, 1.82) is 0 Å². The van der Waals surface area contributed by atoms with E-state index in [4.69, 9.17) is 9.47 Å². The molecule has 5 aliphatic rings. The first-order valence-corrected chi connectivity index (χ1v) is 13.0. The Morgan fingerprint density at radius 3 is 2.50 bits per heavy atom. The van der Waals surface area contributed by atoms with E-state index in [1.807, 2.05) is 13.0 Å². The second-order valence-electron chi connectivity index (χ2n) is 11.9. The Bertz CT molecular complexity index is 1130. The van der Waals surface area contributed by atoms with E-state index in [9.17, 15) is 44.7 Å². The highest BCUT2D eigenvalue weighted by atomic mass is 16.7. The molecular weight excluding hydrogens is 500 g/mol. The largest absolute Gasteiger partial charge is 0.479 e. The maximum Gasteiger partial charge on any atom is 0.335 e. The zero-order valence-corrected chi connectivity index (χ0v) is 21.3. The highest BCUT2D eigenvalue weighted by Gasteiger charge is 2.68. The minimum Gasteiger partial charge on any atom is -0.479 e. The van der Waals surface area contributed by atoms with Gasteiger partial charge in [-0.15, -0.1) is 0 Å². The molecular formula is C27H34O11. The molecule has 11 heteroatoms. The van der Waals surface area contributed by atoms with Gasteiger partial charge in [-0.2, -0.15) is 0 Å². The van der Waals surface area contributed by atoms with Crippen LogP contribution in [0.25, 0.3) is 0 Å². The summed E-state index contributed by atoms with van der Waals surface area (Å²) < 4.78 is 10.4. The molecule has 11 unspecified atom stereocenters. The Balaban J connectivity index is 1.34. The van der Waals surface area contributed by atoms with E-state index in [-0.39, 0.29) is 42.2 Å². The molecule has 1 aliphatic heterocycles. The van der Waals surface area contributed by atoms with Crippen molar-refractivity contribution in [1.82, 2.24) is 0 Å². The number of carbonyl (C=O) groups is 4. The van der Waals surface area contributed by atoms with Gasteiger partial charge in [-0.05, 0) is 49.7 Å². The van der Waals surface area contributed by atoms with Crippen molar-refractivity contribution in [2.45, 2.75) is 82.3 Å². The molecule has 208 valence electrons. The lowest BCUT2D eigenvalue weighted by Gasteiger charge is -2.56. The van der Waals surface area contributed by atoms with E-state index in [1.54, 1.807) is 13.0 Å². The molecule has 3 saturated carbocycles. The molecule has 4 aliphatic carbocycles. The van der Waals surface area contributed by atoms with E-state index in [0.29, 0.717) is 19.3 Å². The SMILES string of the molecule is CC12C=CC(=O)C=C1CCC1C2C(=O)CC2(C)C1CCC2(O)C(=O)COC1OC(C(=O)O)C(O)C(O)C1O. The van der Waals surface area contributed by atoms with Gasteiger partial charge in [0.15, 0.2) is 24.0 Å². The number of rotatable bonds is 5. The standard InChI is InChI=1S/C27H34O11/c1-25-7-5-13(28)9-12(25)3-4-14-15-6-8-27(36,26(15,2)10-16(29)18(14)25)17(30)11-37-24-21(33)19(31)20(32)22(38-24)23(34)35/h5,7,9,14-15,18-22,24,31-33,36H,3-4,6,8,10-11H2,1-2H3,(H,34,35). The first kappa shape index (κ1) is 27.3. The first-order valence-electron chi connectivity index (χ1n) is 13.0. The lowest BCUT2D eigenvalue weighted by molar-refractivity contribution is -0.293. The summed E-state index contributed by atoms with van der Waals surface area (Å²) in [5.74, 6) is -3.04. The molecule has 0 spiro atoms. The molecule has 0 radical (unpaired) electrons. The van der Waals surface area contributed by atoms with Gasteiger partial charge in [0.25, 0.3) is 0 Å². The third-order valence-electron chi connectivity index (χ3n) is 10.1. The van der Waals surface area contributed by atoms with Crippen molar-refractivity contribution >= 4 is 23.3 Å². The smallest absolute Gasteiger partial charge is 0.335 e. The minimum absolute atomic E-state index is 0.0275. The molecule has 0 aromatic heterocycles. The molecule has 0 aromatic rings. The van der Waals surface area contributed by atoms with Gasteiger partial charge in [-0.25, -0.2) is 4.79 Å². The fourth-order valence-corrected chi connectivity index (χ4v) is 7.96. The summed E-state index contributed by atoms with van der Waals surface area (Å²) in [6.07, 6.45) is -2.36. The normalized spacial score (nSPS) is 48.1. The zero-order valence-electron chi connectivity index (χ0n) is 21.3. The lowest BCUT2D eigenvalue weighted by atomic mass is 9.46. The number of hydrogen-bond donors (Lipinski definition) is 5. The molecule has 5 rings (SSSR count). The molecule has 5 N–H and O–H groups in total. The number of carbonyl (C=O) groups excluding carboxylic acids is 3. The van der Waals surface area contributed by atoms with Crippen LogP contribution in [0.5, 0.6) is 0 Å². The summed E-state index contributed by atoms with van der Waals surface area (Å²) in [6.45, 7) is 2.97. The molecule has 0 amide bonds. The number of fused-ring (bicyclic) bond motifs is 5. The zero-order chi connectivity index (χ0) is 27.8. The second-order valence-corrected chi connectivity index (χ2v) is 11.9. The molecule has 1 heterocycles. The summed E-state index contributed by atoms with van der Waals surface area (Å²) in [4.78, 5) is 50.4. The summed E-state index contributed by atoms with van der Waals surface area (Å²) in [5, 5.41) is 51.0. The lowest BCUT2D eigenvalue weighted by Crippen LogP contribution is -2.62. The van der Waals surface area contributed by atoms with E-state index in [2.05, 4.69) is 0 Å². The molecule has 0 bridgehead atoms. The number of ketones is 3. The number of hydrogen-bond acceptors (Lipinski definition) is 10. The number of carboxylic acid groups (broad SMARTS) is 1. The van der Waals surface area contributed by atoms with Crippen LogP contribution >= 0.6 is 0 Å². The number of carboxylic acids is 1. The van der Waals surface area contributed by atoms with Gasteiger partial charge in [0, 0.05) is 23.2 Å². The van der Waals surface area contributed by atoms with Gasteiger partial charge in [0.05, 0.1) is 0 Å². The molecule has 0 aromatic carbocycles. The second kappa shape index (κ2) is 9.14. The van der Waals surface area contributed by atoms with Gasteiger partial charge in [-0.1, -0.05) is 25.5 Å². The van der Waals surface area contributed by atoms with Crippen LogP contribution in [0.15, 0.2) is 23.8 Å². The van der Waals surface area contributed by atoms with E-state index < -0.39 is 65.5 Å². The fraction of sp³-hybridized carbons (Fsp3) is 0.704. The highest BCUT2D eigenvalue weighted by molar-refractivity contribution is 6.02. The average Bonchev–Trinajstić information content (AvgIpc) is 3.13. The molecule has 11 nitrogen and oxygen atoms in total. The van der Waals surface area contributed by atoms with Crippen molar-refractivity contribution in [2.24, 2.45) is 28.6 Å².